The molecule has 1 unspecified atom stereocenters. The summed E-state index contributed by atoms with van der Waals surface area (Å²) in [5, 5.41) is 9.73. The zero-order chi connectivity index (χ0) is 11.0. The van der Waals surface area contributed by atoms with E-state index in [-0.39, 0.29) is 11.2 Å². The molecular formula is C11H21NO2. The smallest absolute Gasteiger partial charge is 0.152 e. The van der Waals surface area contributed by atoms with Gasteiger partial charge in [-0.05, 0) is 13.3 Å². The van der Waals surface area contributed by atoms with Crippen LogP contribution in [0, 0.1) is 5.41 Å². The Morgan fingerprint density at radius 1 is 1.50 bits per heavy atom. The minimum Gasteiger partial charge on any atom is -0.389 e. The van der Waals surface area contributed by atoms with Crippen LogP contribution < -0.4 is 0 Å². The topological polar surface area (TPSA) is 40.5 Å². The third-order valence-electron chi connectivity index (χ3n) is 2.73. The molecule has 1 fully saturated rings. The highest BCUT2D eigenvalue weighted by atomic mass is 16.3. The SMILES string of the molecule is CC1(O)CCN(CC(=O)C(C)(C)C)C1. The van der Waals surface area contributed by atoms with Gasteiger partial charge in [0.05, 0.1) is 12.1 Å². The summed E-state index contributed by atoms with van der Waals surface area (Å²) in [7, 11) is 0. The Morgan fingerprint density at radius 3 is 2.43 bits per heavy atom. The van der Waals surface area contributed by atoms with Crippen LogP contribution in [-0.2, 0) is 4.79 Å². The van der Waals surface area contributed by atoms with Gasteiger partial charge < -0.3 is 5.11 Å². The van der Waals surface area contributed by atoms with Crippen molar-refractivity contribution in [3.63, 3.8) is 0 Å². The fraction of sp³-hybridized carbons (Fsp3) is 0.909. The van der Waals surface area contributed by atoms with E-state index < -0.39 is 5.60 Å². The highest BCUT2D eigenvalue weighted by Crippen LogP contribution is 2.22. The maximum atomic E-state index is 11.7. The first kappa shape index (κ1) is 11.7. The van der Waals surface area contributed by atoms with Gasteiger partial charge >= 0.3 is 0 Å². The van der Waals surface area contributed by atoms with Gasteiger partial charge in [-0.2, -0.15) is 0 Å². The lowest BCUT2D eigenvalue weighted by Crippen LogP contribution is -2.37. The molecule has 0 aliphatic carbocycles. The summed E-state index contributed by atoms with van der Waals surface area (Å²) in [6.07, 6.45) is 0.768. The number of aliphatic hydroxyl groups is 1. The van der Waals surface area contributed by atoms with E-state index in [4.69, 9.17) is 0 Å². The minimum absolute atomic E-state index is 0.246. The number of rotatable bonds is 2. The lowest BCUT2D eigenvalue weighted by Gasteiger charge is -2.22. The molecule has 14 heavy (non-hydrogen) atoms. The first-order chi connectivity index (χ1) is 6.21. The number of β-amino-alcohol motifs (C(OH)–C–C–N with tert-alkyl or cyclic N) is 1. The molecule has 1 atom stereocenters. The molecule has 1 aliphatic rings. The van der Waals surface area contributed by atoms with Crippen molar-refractivity contribution in [1.82, 2.24) is 4.90 Å². The van der Waals surface area contributed by atoms with E-state index in [0.717, 1.165) is 13.0 Å². The summed E-state index contributed by atoms with van der Waals surface area (Å²) < 4.78 is 0. The molecule has 1 aliphatic heterocycles. The molecule has 0 aromatic heterocycles. The summed E-state index contributed by atoms with van der Waals surface area (Å²) in [5.74, 6) is 0.246. The quantitative estimate of drug-likeness (QED) is 0.723. The van der Waals surface area contributed by atoms with Crippen molar-refractivity contribution in [3.8, 4) is 0 Å². The van der Waals surface area contributed by atoms with Gasteiger partial charge in [-0.15, -0.1) is 0 Å². The van der Waals surface area contributed by atoms with Crippen LogP contribution in [0.2, 0.25) is 0 Å². The standard InChI is InChI=1S/C11H21NO2/c1-10(2,3)9(13)7-12-6-5-11(4,14)8-12/h14H,5-8H2,1-4H3. The predicted octanol–water partition coefficient (Wildman–Crippen LogP) is 1.06. The van der Waals surface area contributed by atoms with Gasteiger partial charge in [0.15, 0.2) is 5.78 Å². The number of nitrogens with zero attached hydrogens (tertiary/aromatic N) is 1. The summed E-state index contributed by atoms with van der Waals surface area (Å²) in [6.45, 7) is 9.55. The Kier molecular flexibility index (Phi) is 3.02. The number of Topliss-reactive ketones (excluding diaryl/α,β-unsaturated/α-hetero) is 1. The molecule has 0 aromatic rings. The number of likely N-dealkylation sites (tertiary alicyclic amines) is 1. The Balaban J connectivity index is 2.44. The van der Waals surface area contributed by atoms with E-state index in [0.29, 0.717) is 13.1 Å². The maximum absolute atomic E-state index is 11.7. The van der Waals surface area contributed by atoms with Crippen LogP contribution in [0.15, 0.2) is 0 Å². The van der Waals surface area contributed by atoms with Gasteiger partial charge in [0.25, 0.3) is 0 Å². The monoisotopic (exact) mass is 199 g/mol. The second-order valence-corrected chi connectivity index (χ2v) is 5.63. The van der Waals surface area contributed by atoms with E-state index in [1.165, 1.54) is 0 Å². The average molecular weight is 199 g/mol. The molecule has 0 spiro atoms. The second-order valence-electron chi connectivity index (χ2n) is 5.63. The zero-order valence-corrected chi connectivity index (χ0v) is 9.63. The predicted molar refractivity (Wildman–Crippen MR) is 56.1 cm³/mol. The van der Waals surface area contributed by atoms with Gasteiger partial charge in [0.1, 0.15) is 0 Å². The zero-order valence-electron chi connectivity index (χ0n) is 9.63. The third-order valence-corrected chi connectivity index (χ3v) is 2.73. The van der Waals surface area contributed by atoms with E-state index in [9.17, 15) is 9.90 Å². The van der Waals surface area contributed by atoms with Crippen LogP contribution in [-0.4, -0.2) is 41.0 Å². The van der Waals surface area contributed by atoms with Gasteiger partial charge in [-0.3, -0.25) is 9.69 Å². The minimum atomic E-state index is -0.599. The Morgan fingerprint density at radius 2 is 2.07 bits per heavy atom. The average Bonchev–Trinajstić information content (AvgIpc) is 2.28. The number of ketones is 1. The van der Waals surface area contributed by atoms with Gasteiger partial charge in [-0.25, -0.2) is 0 Å². The molecule has 1 rings (SSSR count). The van der Waals surface area contributed by atoms with Crippen molar-refractivity contribution in [1.29, 1.82) is 0 Å². The molecule has 1 heterocycles. The van der Waals surface area contributed by atoms with Gasteiger partial charge in [0, 0.05) is 18.5 Å². The third kappa shape index (κ3) is 3.07. The number of hydrogen-bond donors (Lipinski definition) is 1. The normalized spacial score (nSPS) is 29.5. The first-order valence-electron chi connectivity index (χ1n) is 5.19. The van der Waals surface area contributed by atoms with E-state index in [1.807, 2.05) is 32.6 Å². The maximum Gasteiger partial charge on any atom is 0.152 e. The Hall–Kier alpha value is -0.410. The van der Waals surface area contributed by atoms with Crippen molar-refractivity contribution < 1.29 is 9.90 Å². The highest BCUT2D eigenvalue weighted by molar-refractivity contribution is 5.85. The van der Waals surface area contributed by atoms with Crippen molar-refractivity contribution in [3.05, 3.63) is 0 Å². The largest absolute Gasteiger partial charge is 0.389 e. The molecule has 0 bridgehead atoms. The van der Waals surface area contributed by atoms with E-state index in [1.54, 1.807) is 0 Å². The van der Waals surface area contributed by atoms with Crippen LogP contribution in [0.5, 0.6) is 0 Å². The fourth-order valence-electron chi connectivity index (χ4n) is 1.61. The lowest BCUT2D eigenvalue weighted by molar-refractivity contribution is -0.127. The van der Waals surface area contributed by atoms with E-state index >= 15 is 0 Å². The highest BCUT2D eigenvalue weighted by Gasteiger charge is 2.33. The van der Waals surface area contributed by atoms with Crippen molar-refractivity contribution in [2.24, 2.45) is 5.41 Å². The molecular weight excluding hydrogens is 178 g/mol. The fourth-order valence-corrected chi connectivity index (χ4v) is 1.61. The van der Waals surface area contributed by atoms with Gasteiger partial charge in [-0.1, -0.05) is 20.8 Å². The number of hydrogen-bond acceptors (Lipinski definition) is 3. The molecule has 3 heteroatoms. The van der Waals surface area contributed by atoms with Crippen LogP contribution in [0.25, 0.3) is 0 Å². The summed E-state index contributed by atoms with van der Waals surface area (Å²) in [5.41, 5.74) is -0.868. The Bertz CT molecular complexity index is 228. The lowest BCUT2D eigenvalue weighted by atomic mass is 9.90. The molecule has 0 radical (unpaired) electrons. The molecule has 0 amide bonds. The molecule has 0 saturated carbocycles. The van der Waals surface area contributed by atoms with Crippen LogP contribution in [0.1, 0.15) is 34.1 Å². The molecule has 1 saturated heterocycles. The summed E-state index contributed by atoms with van der Waals surface area (Å²) in [6, 6.07) is 0. The van der Waals surface area contributed by atoms with Crippen LogP contribution in [0.3, 0.4) is 0 Å². The molecule has 1 N–H and O–H groups in total. The molecule has 82 valence electrons. The number of carbonyl (C=O) groups is 1. The van der Waals surface area contributed by atoms with Crippen molar-refractivity contribution >= 4 is 5.78 Å². The van der Waals surface area contributed by atoms with Gasteiger partial charge in [0.2, 0.25) is 0 Å². The number of carbonyl (C=O) groups excluding carboxylic acids is 1. The van der Waals surface area contributed by atoms with Crippen LogP contribution in [0.4, 0.5) is 0 Å². The Labute approximate surface area is 86.1 Å². The molecule has 0 aromatic carbocycles. The van der Waals surface area contributed by atoms with E-state index in [2.05, 4.69) is 0 Å². The summed E-state index contributed by atoms with van der Waals surface area (Å²) in [4.78, 5) is 13.7. The molecule has 3 nitrogen and oxygen atoms in total. The van der Waals surface area contributed by atoms with Crippen molar-refractivity contribution in [2.75, 3.05) is 19.6 Å². The van der Waals surface area contributed by atoms with Crippen molar-refractivity contribution in [2.45, 2.75) is 39.7 Å². The summed E-state index contributed by atoms with van der Waals surface area (Å²) >= 11 is 0. The van der Waals surface area contributed by atoms with Crippen LogP contribution >= 0.6 is 0 Å². The first-order valence-corrected chi connectivity index (χ1v) is 5.19. The second kappa shape index (κ2) is 3.63.